The van der Waals surface area contributed by atoms with Gasteiger partial charge in [0.15, 0.2) is 0 Å². The number of aryl methyl sites for hydroxylation is 2. The van der Waals surface area contributed by atoms with Gasteiger partial charge in [-0.1, -0.05) is 19.3 Å². The van der Waals surface area contributed by atoms with E-state index in [0.29, 0.717) is 12.1 Å². The number of morpholine rings is 1. The third-order valence-electron chi connectivity index (χ3n) is 6.68. The number of nitrogens with one attached hydrogen (secondary N) is 1. The summed E-state index contributed by atoms with van der Waals surface area (Å²) in [5, 5.41) is 4.74. The van der Waals surface area contributed by atoms with Crippen LogP contribution in [0.4, 0.5) is 0 Å². The van der Waals surface area contributed by atoms with Gasteiger partial charge in [0, 0.05) is 43.2 Å². The molecule has 1 saturated heterocycles. The summed E-state index contributed by atoms with van der Waals surface area (Å²) in [4.78, 5) is 14.7. The molecule has 1 N–H and O–H groups in total. The van der Waals surface area contributed by atoms with E-state index in [1.807, 2.05) is 6.07 Å². The van der Waals surface area contributed by atoms with E-state index in [1.165, 1.54) is 37.7 Å². The molecule has 2 aromatic rings. The molecule has 0 atom stereocenters. The van der Waals surface area contributed by atoms with E-state index in [9.17, 15) is 4.79 Å². The Bertz CT molecular complexity index is 877. The van der Waals surface area contributed by atoms with Crippen molar-refractivity contribution in [2.45, 2.75) is 58.0 Å². The van der Waals surface area contributed by atoms with Gasteiger partial charge in [-0.25, -0.2) is 4.79 Å². The lowest BCUT2D eigenvalue weighted by molar-refractivity contribution is -0.0369. The van der Waals surface area contributed by atoms with E-state index in [0.717, 1.165) is 49.4 Å². The summed E-state index contributed by atoms with van der Waals surface area (Å²) in [6, 6.07) is 5.77. The standard InChI is InChI=1S/C23H32N2O3/c1-17-12-20-19(14-22(26)28-21(20)13-18(17)2)15-24-16-23(6-4-3-5-7-23)25-8-10-27-11-9-25/h12-14,24H,3-11,15-16H2,1-2H3. The van der Waals surface area contributed by atoms with Crippen molar-refractivity contribution in [3.8, 4) is 0 Å². The molecule has 2 heterocycles. The summed E-state index contributed by atoms with van der Waals surface area (Å²) in [6.45, 7) is 9.53. The molecular weight excluding hydrogens is 352 g/mol. The SMILES string of the molecule is Cc1cc2oc(=O)cc(CNCC3(N4CCOCC4)CCCCC3)c2cc1C. The lowest BCUT2D eigenvalue weighted by Gasteiger charge is -2.48. The molecule has 5 nitrogen and oxygen atoms in total. The van der Waals surface area contributed by atoms with Crippen LogP contribution in [0.2, 0.25) is 0 Å². The largest absolute Gasteiger partial charge is 0.423 e. The highest BCUT2D eigenvalue weighted by Gasteiger charge is 2.38. The average molecular weight is 385 g/mol. The van der Waals surface area contributed by atoms with Gasteiger partial charge >= 0.3 is 5.63 Å². The minimum atomic E-state index is -0.270. The van der Waals surface area contributed by atoms with Gasteiger partial charge in [-0.2, -0.15) is 0 Å². The first kappa shape index (κ1) is 19.6. The molecule has 1 saturated carbocycles. The summed E-state index contributed by atoms with van der Waals surface area (Å²) in [5.74, 6) is 0. The van der Waals surface area contributed by atoms with Crippen molar-refractivity contribution in [2.24, 2.45) is 0 Å². The average Bonchev–Trinajstić information content (AvgIpc) is 2.71. The van der Waals surface area contributed by atoms with Crippen molar-refractivity contribution >= 4 is 11.0 Å². The molecule has 1 aromatic heterocycles. The molecular formula is C23H32N2O3. The van der Waals surface area contributed by atoms with Gasteiger partial charge < -0.3 is 14.5 Å². The maximum Gasteiger partial charge on any atom is 0.336 e. The highest BCUT2D eigenvalue weighted by atomic mass is 16.5. The third-order valence-corrected chi connectivity index (χ3v) is 6.68. The lowest BCUT2D eigenvalue weighted by atomic mass is 9.79. The third kappa shape index (κ3) is 4.02. The zero-order chi connectivity index (χ0) is 19.6. The van der Waals surface area contributed by atoms with Crippen LogP contribution in [0.3, 0.4) is 0 Å². The van der Waals surface area contributed by atoms with Gasteiger partial charge in [-0.05, 0) is 55.5 Å². The zero-order valence-electron chi connectivity index (χ0n) is 17.2. The van der Waals surface area contributed by atoms with Crippen molar-refractivity contribution in [2.75, 3.05) is 32.8 Å². The monoisotopic (exact) mass is 384 g/mol. The van der Waals surface area contributed by atoms with Gasteiger partial charge in [0.1, 0.15) is 5.58 Å². The predicted octanol–water partition coefficient (Wildman–Crippen LogP) is 3.53. The quantitative estimate of drug-likeness (QED) is 0.799. The van der Waals surface area contributed by atoms with Crippen molar-refractivity contribution in [1.82, 2.24) is 10.2 Å². The van der Waals surface area contributed by atoms with Crippen LogP contribution < -0.4 is 10.9 Å². The molecule has 0 bridgehead atoms. The van der Waals surface area contributed by atoms with Crippen LogP contribution in [0.25, 0.3) is 11.0 Å². The van der Waals surface area contributed by atoms with Crippen LogP contribution in [0, 0.1) is 13.8 Å². The Labute approximate surface area is 167 Å². The summed E-state index contributed by atoms with van der Waals surface area (Å²) in [6.07, 6.45) is 6.44. The van der Waals surface area contributed by atoms with Gasteiger partial charge in [0.25, 0.3) is 0 Å². The Morgan fingerprint density at radius 1 is 1.04 bits per heavy atom. The highest BCUT2D eigenvalue weighted by molar-refractivity contribution is 5.81. The van der Waals surface area contributed by atoms with Crippen LogP contribution in [0.1, 0.15) is 48.8 Å². The molecule has 152 valence electrons. The number of hydrogen-bond donors (Lipinski definition) is 1. The van der Waals surface area contributed by atoms with Crippen LogP contribution >= 0.6 is 0 Å². The number of fused-ring (bicyclic) bond motifs is 1. The molecule has 28 heavy (non-hydrogen) atoms. The normalized spacial score (nSPS) is 20.5. The molecule has 0 amide bonds. The van der Waals surface area contributed by atoms with Crippen molar-refractivity contribution in [3.05, 3.63) is 45.3 Å². The van der Waals surface area contributed by atoms with E-state index < -0.39 is 0 Å². The van der Waals surface area contributed by atoms with E-state index >= 15 is 0 Å². The van der Waals surface area contributed by atoms with Crippen molar-refractivity contribution in [3.63, 3.8) is 0 Å². The number of hydrogen-bond acceptors (Lipinski definition) is 5. The summed E-state index contributed by atoms with van der Waals surface area (Å²) in [7, 11) is 0. The molecule has 0 unspecified atom stereocenters. The zero-order valence-corrected chi connectivity index (χ0v) is 17.2. The Kier molecular flexibility index (Phi) is 5.85. The maximum absolute atomic E-state index is 12.1. The van der Waals surface area contributed by atoms with E-state index in [2.05, 4.69) is 30.1 Å². The van der Waals surface area contributed by atoms with Gasteiger partial charge in [0.05, 0.1) is 13.2 Å². The van der Waals surface area contributed by atoms with Crippen molar-refractivity contribution < 1.29 is 9.15 Å². The number of nitrogens with zero attached hydrogens (tertiary/aromatic N) is 1. The fourth-order valence-corrected chi connectivity index (χ4v) is 4.91. The molecule has 2 aliphatic rings. The molecule has 1 aromatic carbocycles. The smallest absolute Gasteiger partial charge is 0.336 e. The van der Waals surface area contributed by atoms with Crippen molar-refractivity contribution in [1.29, 1.82) is 0 Å². The Morgan fingerprint density at radius 3 is 2.50 bits per heavy atom. The van der Waals surface area contributed by atoms with Crippen LogP contribution in [0.15, 0.2) is 27.4 Å². The topological polar surface area (TPSA) is 54.7 Å². The fourth-order valence-electron chi connectivity index (χ4n) is 4.91. The molecule has 1 aliphatic heterocycles. The predicted molar refractivity (Wildman–Crippen MR) is 112 cm³/mol. The fraction of sp³-hybridized carbons (Fsp3) is 0.609. The molecule has 0 radical (unpaired) electrons. The number of ether oxygens (including phenoxy) is 1. The van der Waals surface area contributed by atoms with Gasteiger partial charge in [0.2, 0.25) is 0 Å². The van der Waals surface area contributed by atoms with E-state index in [4.69, 9.17) is 9.15 Å². The summed E-state index contributed by atoms with van der Waals surface area (Å²) in [5.41, 5.74) is 4.04. The molecule has 1 aliphatic carbocycles. The van der Waals surface area contributed by atoms with Gasteiger partial charge in [-0.3, -0.25) is 4.90 Å². The van der Waals surface area contributed by atoms with Crippen LogP contribution in [-0.2, 0) is 11.3 Å². The second kappa shape index (κ2) is 8.36. The molecule has 5 heteroatoms. The minimum Gasteiger partial charge on any atom is -0.423 e. The highest BCUT2D eigenvalue weighted by Crippen LogP contribution is 2.34. The first-order valence-corrected chi connectivity index (χ1v) is 10.6. The maximum atomic E-state index is 12.1. The number of rotatable bonds is 5. The van der Waals surface area contributed by atoms with Gasteiger partial charge in [-0.15, -0.1) is 0 Å². The summed E-state index contributed by atoms with van der Waals surface area (Å²) >= 11 is 0. The minimum absolute atomic E-state index is 0.226. The lowest BCUT2D eigenvalue weighted by Crippen LogP contribution is -2.59. The Hall–Kier alpha value is -1.69. The summed E-state index contributed by atoms with van der Waals surface area (Å²) < 4.78 is 11.0. The Morgan fingerprint density at radius 2 is 1.75 bits per heavy atom. The first-order chi connectivity index (χ1) is 13.6. The van der Waals surface area contributed by atoms with E-state index in [-0.39, 0.29) is 11.2 Å². The van der Waals surface area contributed by atoms with E-state index in [1.54, 1.807) is 6.07 Å². The number of benzene rings is 1. The molecule has 2 fully saturated rings. The molecule has 4 rings (SSSR count). The van der Waals surface area contributed by atoms with Crippen LogP contribution in [-0.4, -0.2) is 43.3 Å². The second-order valence-corrected chi connectivity index (χ2v) is 8.51. The first-order valence-electron chi connectivity index (χ1n) is 10.6. The second-order valence-electron chi connectivity index (χ2n) is 8.51. The van der Waals surface area contributed by atoms with Crippen LogP contribution in [0.5, 0.6) is 0 Å². The Balaban J connectivity index is 1.53. The molecule has 0 spiro atoms.